The van der Waals surface area contributed by atoms with Gasteiger partial charge in [0.2, 0.25) is 5.91 Å². The monoisotopic (exact) mass is 368 g/mol. The predicted molar refractivity (Wildman–Crippen MR) is 106 cm³/mol. The number of carbonyl (C=O) groups is 1. The summed E-state index contributed by atoms with van der Waals surface area (Å²) in [5.41, 5.74) is 2.93. The first kappa shape index (κ1) is 19.2. The molecule has 3 rings (SSSR count). The average molecular weight is 368 g/mol. The number of nitrogens with zero attached hydrogens (tertiary/aromatic N) is 5. The minimum Gasteiger partial charge on any atom is -0.369 e. The third-order valence-electron chi connectivity index (χ3n) is 4.72. The van der Waals surface area contributed by atoms with E-state index in [0.29, 0.717) is 24.8 Å². The summed E-state index contributed by atoms with van der Waals surface area (Å²) < 4.78 is 0. The topological polar surface area (TPSA) is 74.2 Å². The van der Waals surface area contributed by atoms with Crippen molar-refractivity contribution >= 4 is 11.7 Å². The molecule has 144 valence electrons. The molecule has 7 nitrogen and oxygen atoms in total. The molecule has 0 unspecified atom stereocenters. The van der Waals surface area contributed by atoms with Gasteiger partial charge >= 0.3 is 0 Å². The van der Waals surface area contributed by atoms with Crippen molar-refractivity contribution < 1.29 is 4.79 Å². The molecule has 27 heavy (non-hydrogen) atoms. The van der Waals surface area contributed by atoms with Crippen LogP contribution >= 0.6 is 0 Å². The van der Waals surface area contributed by atoms with Gasteiger partial charge in [-0.3, -0.25) is 9.78 Å². The fourth-order valence-corrected chi connectivity index (χ4v) is 3.43. The second kappa shape index (κ2) is 8.43. The van der Waals surface area contributed by atoms with E-state index in [9.17, 15) is 4.79 Å². The number of anilines is 1. The maximum atomic E-state index is 11.8. The number of amides is 1. The molecule has 1 amide bonds. The Morgan fingerprint density at radius 1 is 1.37 bits per heavy atom. The van der Waals surface area contributed by atoms with Gasteiger partial charge < -0.3 is 15.1 Å². The standard InChI is InChI=1S/C20H28N6O/c1-14(12-25(3)4)10-22-20-17-7-9-26(15(2)27)13-18(17)23-19(24-20)16-6-5-8-21-11-16/h5-6,8,11,14H,7,9-10,12-13H2,1-4H3,(H,22,23,24)/t14-/m0/s1. The summed E-state index contributed by atoms with van der Waals surface area (Å²) in [6, 6.07) is 3.84. The zero-order valence-electron chi connectivity index (χ0n) is 16.6. The van der Waals surface area contributed by atoms with Crippen molar-refractivity contribution in [1.29, 1.82) is 0 Å². The number of pyridine rings is 1. The Bertz CT molecular complexity index is 793. The van der Waals surface area contributed by atoms with Gasteiger partial charge in [0, 0.05) is 50.1 Å². The van der Waals surface area contributed by atoms with Crippen molar-refractivity contribution in [2.24, 2.45) is 5.92 Å². The van der Waals surface area contributed by atoms with Crippen molar-refractivity contribution in [3.8, 4) is 11.4 Å². The summed E-state index contributed by atoms with van der Waals surface area (Å²) in [4.78, 5) is 29.6. The van der Waals surface area contributed by atoms with Gasteiger partial charge in [0.25, 0.3) is 0 Å². The number of fused-ring (bicyclic) bond motifs is 1. The molecule has 0 spiro atoms. The molecular weight excluding hydrogens is 340 g/mol. The van der Waals surface area contributed by atoms with Crippen LogP contribution in [-0.4, -0.2) is 64.4 Å². The number of aromatic nitrogens is 3. The smallest absolute Gasteiger partial charge is 0.219 e. The van der Waals surface area contributed by atoms with Crippen molar-refractivity contribution in [2.45, 2.75) is 26.8 Å². The average Bonchev–Trinajstić information content (AvgIpc) is 2.65. The zero-order chi connectivity index (χ0) is 19.4. The number of carbonyl (C=O) groups excluding carboxylic acids is 1. The summed E-state index contributed by atoms with van der Waals surface area (Å²) in [7, 11) is 4.17. The molecule has 2 aromatic heterocycles. The highest BCUT2D eigenvalue weighted by molar-refractivity contribution is 5.74. The van der Waals surface area contributed by atoms with Crippen molar-refractivity contribution in [3.63, 3.8) is 0 Å². The highest BCUT2D eigenvalue weighted by Gasteiger charge is 2.24. The Labute approximate surface area is 160 Å². The second-order valence-corrected chi connectivity index (χ2v) is 7.50. The Morgan fingerprint density at radius 2 is 2.19 bits per heavy atom. The molecule has 7 heteroatoms. The van der Waals surface area contributed by atoms with Gasteiger partial charge in [-0.25, -0.2) is 9.97 Å². The normalized spacial score (nSPS) is 14.8. The Morgan fingerprint density at radius 3 is 2.85 bits per heavy atom. The molecule has 0 radical (unpaired) electrons. The molecule has 1 atom stereocenters. The summed E-state index contributed by atoms with van der Waals surface area (Å²) in [6.45, 7) is 6.91. The van der Waals surface area contributed by atoms with E-state index in [0.717, 1.165) is 42.1 Å². The minimum absolute atomic E-state index is 0.0799. The van der Waals surface area contributed by atoms with Crippen LogP contribution < -0.4 is 5.32 Å². The van der Waals surface area contributed by atoms with E-state index in [2.05, 4.69) is 36.2 Å². The van der Waals surface area contributed by atoms with Crippen LogP contribution in [0.1, 0.15) is 25.1 Å². The number of hydrogen-bond donors (Lipinski definition) is 1. The fourth-order valence-electron chi connectivity index (χ4n) is 3.43. The zero-order valence-corrected chi connectivity index (χ0v) is 16.6. The van der Waals surface area contributed by atoms with Gasteiger partial charge in [0.15, 0.2) is 5.82 Å². The molecule has 1 aliphatic heterocycles. The van der Waals surface area contributed by atoms with E-state index in [1.165, 1.54) is 0 Å². The lowest BCUT2D eigenvalue weighted by atomic mass is 10.0. The first-order valence-electron chi connectivity index (χ1n) is 9.38. The van der Waals surface area contributed by atoms with Gasteiger partial charge in [-0.05, 0) is 38.6 Å². The predicted octanol–water partition coefficient (Wildman–Crippen LogP) is 2.05. The molecule has 1 N–H and O–H groups in total. The van der Waals surface area contributed by atoms with Crippen LogP contribution in [0.2, 0.25) is 0 Å². The van der Waals surface area contributed by atoms with Crippen LogP contribution in [0.3, 0.4) is 0 Å². The number of nitrogens with one attached hydrogen (secondary N) is 1. The second-order valence-electron chi connectivity index (χ2n) is 7.50. The third-order valence-corrected chi connectivity index (χ3v) is 4.72. The van der Waals surface area contributed by atoms with Crippen LogP contribution in [0.25, 0.3) is 11.4 Å². The SMILES string of the molecule is CC(=O)N1CCc2c(nc(-c3cccnc3)nc2NC[C@H](C)CN(C)C)C1. The molecule has 3 heterocycles. The molecule has 0 fully saturated rings. The highest BCUT2D eigenvalue weighted by atomic mass is 16.2. The van der Waals surface area contributed by atoms with Crippen molar-refractivity contribution in [1.82, 2.24) is 24.8 Å². The van der Waals surface area contributed by atoms with Crippen LogP contribution in [0, 0.1) is 5.92 Å². The lowest BCUT2D eigenvalue weighted by Gasteiger charge is -2.29. The van der Waals surface area contributed by atoms with E-state index < -0.39 is 0 Å². The van der Waals surface area contributed by atoms with E-state index >= 15 is 0 Å². The molecular formula is C20H28N6O. The van der Waals surface area contributed by atoms with E-state index in [1.807, 2.05) is 17.0 Å². The fraction of sp³-hybridized carbons (Fsp3) is 0.500. The quantitative estimate of drug-likeness (QED) is 0.841. The molecule has 0 aliphatic carbocycles. The Kier molecular flexibility index (Phi) is 6.01. The van der Waals surface area contributed by atoms with Gasteiger partial charge in [-0.1, -0.05) is 6.92 Å². The van der Waals surface area contributed by atoms with Crippen LogP contribution in [0.5, 0.6) is 0 Å². The largest absolute Gasteiger partial charge is 0.369 e. The summed E-state index contributed by atoms with van der Waals surface area (Å²) in [5.74, 6) is 2.10. The molecule has 0 aromatic carbocycles. The van der Waals surface area contributed by atoms with Gasteiger partial charge in [0.1, 0.15) is 5.82 Å². The van der Waals surface area contributed by atoms with Crippen LogP contribution in [0.4, 0.5) is 5.82 Å². The number of hydrogen-bond acceptors (Lipinski definition) is 6. The summed E-state index contributed by atoms with van der Waals surface area (Å²) >= 11 is 0. The maximum Gasteiger partial charge on any atom is 0.219 e. The van der Waals surface area contributed by atoms with E-state index in [1.54, 1.807) is 19.3 Å². The molecule has 0 saturated heterocycles. The molecule has 0 saturated carbocycles. The van der Waals surface area contributed by atoms with Crippen LogP contribution in [-0.2, 0) is 17.8 Å². The highest BCUT2D eigenvalue weighted by Crippen LogP contribution is 2.27. The molecule has 2 aromatic rings. The van der Waals surface area contributed by atoms with Crippen LogP contribution in [0.15, 0.2) is 24.5 Å². The molecule has 1 aliphatic rings. The third kappa shape index (κ3) is 4.80. The van der Waals surface area contributed by atoms with E-state index in [-0.39, 0.29) is 5.91 Å². The lowest BCUT2D eigenvalue weighted by molar-refractivity contribution is -0.129. The Balaban J connectivity index is 1.91. The number of rotatable bonds is 6. The first-order valence-corrected chi connectivity index (χ1v) is 9.38. The van der Waals surface area contributed by atoms with Gasteiger partial charge in [-0.2, -0.15) is 0 Å². The molecule has 0 bridgehead atoms. The summed E-state index contributed by atoms with van der Waals surface area (Å²) in [5, 5.41) is 3.53. The maximum absolute atomic E-state index is 11.8. The lowest BCUT2D eigenvalue weighted by Crippen LogP contribution is -2.35. The van der Waals surface area contributed by atoms with Crippen molar-refractivity contribution in [3.05, 3.63) is 35.8 Å². The Hall–Kier alpha value is -2.54. The minimum atomic E-state index is 0.0799. The van der Waals surface area contributed by atoms with Gasteiger partial charge in [0.05, 0.1) is 12.2 Å². The van der Waals surface area contributed by atoms with Crippen molar-refractivity contribution in [2.75, 3.05) is 39.0 Å². The first-order chi connectivity index (χ1) is 12.9. The van der Waals surface area contributed by atoms with Gasteiger partial charge in [-0.15, -0.1) is 0 Å². The summed E-state index contributed by atoms with van der Waals surface area (Å²) in [6.07, 6.45) is 4.28. The van der Waals surface area contributed by atoms with E-state index in [4.69, 9.17) is 9.97 Å².